The summed E-state index contributed by atoms with van der Waals surface area (Å²) in [4.78, 5) is 11.8. The van der Waals surface area contributed by atoms with Crippen LogP contribution in [0.3, 0.4) is 0 Å². The lowest BCUT2D eigenvalue weighted by Crippen LogP contribution is -2.32. The van der Waals surface area contributed by atoms with Gasteiger partial charge >= 0.3 is 0 Å². The highest BCUT2D eigenvalue weighted by molar-refractivity contribution is 5.76. The van der Waals surface area contributed by atoms with Crippen molar-refractivity contribution in [1.29, 1.82) is 0 Å². The van der Waals surface area contributed by atoms with Crippen LogP contribution < -0.4 is 10.6 Å². The van der Waals surface area contributed by atoms with Gasteiger partial charge in [-0.15, -0.1) is 0 Å². The summed E-state index contributed by atoms with van der Waals surface area (Å²) in [6, 6.07) is 0.344. The number of rotatable bonds is 9. The summed E-state index contributed by atoms with van der Waals surface area (Å²) in [5, 5.41) is 6.47. The minimum Gasteiger partial charge on any atom is -0.354 e. The molecule has 0 spiro atoms. The highest BCUT2D eigenvalue weighted by Crippen LogP contribution is 2.14. The molecule has 0 aliphatic carbocycles. The minimum atomic E-state index is 0.241. The number of carbonyl (C=O) groups excluding carboxylic acids is 1. The number of hydrogen-bond acceptors (Lipinski definition) is 2. The Hall–Kier alpha value is -0.570. The lowest BCUT2D eigenvalue weighted by molar-refractivity contribution is -0.122. The molecule has 2 atom stereocenters. The van der Waals surface area contributed by atoms with Crippen molar-refractivity contribution in [1.82, 2.24) is 10.6 Å². The van der Waals surface area contributed by atoms with Crippen LogP contribution in [0.2, 0.25) is 0 Å². The molecule has 1 aliphatic heterocycles. The summed E-state index contributed by atoms with van der Waals surface area (Å²) >= 11 is 0. The van der Waals surface area contributed by atoms with E-state index >= 15 is 0 Å². The Balaban J connectivity index is 2.00. The van der Waals surface area contributed by atoms with Crippen LogP contribution >= 0.6 is 0 Å². The number of carbonyl (C=O) groups is 1. The highest BCUT2D eigenvalue weighted by atomic mass is 16.1. The summed E-state index contributed by atoms with van der Waals surface area (Å²) in [5.74, 6) is 0.959. The van der Waals surface area contributed by atoms with Gasteiger partial charge < -0.3 is 10.6 Å². The van der Waals surface area contributed by atoms with Crippen molar-refractivity contribution in [2.45, 2.75) is 71.3 Å². The van der Waals surface area contributed by atoms with Crippen LogP contribution in [-0.2, 0) is 4.79 Å². The zero-order valence-corrected chi connectivity index (χ0v) is 12.1. The molecule has 1 fully saturated rings. The largest absolute Gasteiger partial charge is 0.354 e. The van der Waals surface area contributed by atoms with Crippen LogP contribution in [0.15, 0.2) is 0 Å². The number of unbranched alkanes of at least 4 members (excludes halogenated alkanes) is 3. The molecule has 0 radical (unpaired) electrons. The molecule has 0 aromatic rings. The number of amides is 1. The Morgan fingerprint density at radius 1 is 1.39 bits per heavy atom. The van der Waals surface area contributed by atoms with Crippen molar-refractivity contribution >= 4 is 5.91 Å². The van der Waals surface area contributed by atoms with Crippen LogP contribution in [0, 0.1) is 5.92 Å². The first kappa shape index (κ1) is 15.5. The van der Waals surface area contributed by atoms with Crippen molar-refractivity contribution in [3.05, 3.63) is 0 Å². The van der Waals surface area contributed by atoms with Gasteiger partial charge in [0.2, 0.25) is 5.91 Å². The first-order valence-electron chi connectivity index (χ1n) is 7.72. The summed E-state index contributed by atoms with van der Waals surface area (Å²) < 4.78 is 0. The lowest BCUT2D eigenvalue weighted by Gasteiger charge is -2.14. The normalized spacial score (nSPS) is 20.9. The highest BCUT2D eigenvalue weighted by Gasteiger charge is 2.16. The van der Waals surface area contributed by atoms with Crippen molar-refractivity contribution in [3.8, 4) is 0 Å². The Bertz CT molecular complexity index is 225. The van der Waals surface area contributed by atoms with E-state index in [0.29, 0.717) is 12.5 Å². The monoisotopic (exact) mass is 254 g/mol. The van der Waals surface area contributed by atoms with Crippen molar-refractivity contribution in [3.63, 3.8) is 0 Å². The Kier molecular flexibility index (Phi) is 8.06. The van der Waals surface area contributed by atoms with E-state index in [0.717, 1.165) is 31.8 Å². The topological polar surface area (TPSA) is 41.1 Å². The van der Waals surface area contributed by atoms with E-state index < -0.39 is 0 Å². The molecule has 1 saturated heterocycles. The van der Waals surface area contributed by atoms with Crippen molar-refractivity contribution in [2.24, 2.45) is 5.92 Å². The zero-order valence-electron chi connectivity index (χ0n) is 12.1. The lowest BCUT2D eigenvalue weighted by atomic mass is 10.0. The third-order valence-electron chi connectivity index (χ3n) is 3.84. The maximum absolute atomic E-state index is 11.8. The predicted molar refractivity (Wildman–Crippen MR) is 76.6 cm³/mol. The molecule has 1 aliphatic rings. The smallest absolute Gasteiger partial charge is 0.220 e. The summed E-state index contributed by atoms with van der Waals surface area (Å²) in [5.41, 5.74) is 0. The van der Waals surface area contributed by atoms with Gasteiger partial charge in [0.05, 0.1) is 0 Å². The van der Waals surface area contributed by atoms with Crippen LogP contribution in [0.25, 0.3) is 0 Å². The molecule has 0 saturated carbocycles. The van der Waals surface area contributed by atoms with E-state index in [9.17, 15) is 4.79 Å². The van der Waals surface area contributed by atoms with Crippen LogP contribution in [0.5, 0.6) is 0 Å². The van der Waals surface area contributed by atoms with E-state index in [2.05, 4.69) is 24.5 Å². The van der Waals surface area contributed by atoms with E-state index in [1.807, 2.05) is 0 Å². The average Bonchev–Trinajstić information content (AvgIpc) is 2.85. The summed E-state index contributed by atoms with van der Waals surface area (Å²) in [6.45, 7) is 6.57. The molecule has 1 amide bonds. The maximum atomic E-state index is 11.8. The van der Waals surface area contributed by atoms with Crippen LogP contribution in [0.4, 0.5) is 0 Å². The van der Waals surface area contributed by atoms with E-state index in [1.54, 1.807) is 0 Å². The van der Waals surface area contributed by atoms with E-state index in [4.69, 9.17) is 0 Å². The number of nitrogens with one attached hydrogen (secondary N) is 2. The molecular weight excluding hydrogens is 224 g/mol. The van der Waals surface area contributed by atoms with Gasteiger partial charge in [0.1, 0.15) is 0 Å². The Labute approximate surface area is 112 Å². The van der Waals surface area contributed by atoms with Crippen LogP contribution in [-0.4, -0.2) is 25.0 Å². The molecule has 0 aromatic heterocycles. The van der Waals surface area contributed by atoms with Gasteiger partial charge in [0.25, 0.3) is 0 Å². The Morgan fingerprint density at radius 3 is 2.89 bits per heavy atom. The fourth-order valence-electron chi connectivity index (χ4n) is 2.59. The summed E-state index contributed by atoms with van der Waals surface area (Å²) in [6.07, 6.45) is 9.22. The predicted octanol–water partition coefficient (Wildman–Crippen LogP) is 2.85. The van der Waals surface area contributed by atoms with E-state index in [1.165, 1.54) is 32.1 Å². The Morgan fingerprint density at radius 2 is 2.22 bits per heavy atom. The number of hydrogen-bond donors (Lipinski definition) is 2. The second-order valence-electron chi connectivity index (χ2n) is 5.72. The van der Waals surface area contributed by atoms with Gasteiger partial charge in [-0.25, -0.2) is 0 Å². The molecule has 0 bridgehead atoms. The SMILES string of the molecule is CCCCCCC(C)NC(=O)CCC1CCNC1. The molecule has 18 heavy (non-hydrogen) atoms. The van der Waals surface area contributed by atoms with E-state index in [-0.39, 0.29) is 5.91 Å². The average molecular weight is 254 g/mol. The van der Waals surface area contributed by atoms with Crippen molar-refractivity contribution in [2.75, 3.05) is 13.1 Å². The van der Waals surface area contributed by atoms with Gasteiger partial charge in [-0.1, -0.05) is 32.6 Å². The second-order valence-corrected chi connectivity index (χ2v) is 5.72. The third-order valence-corrected chi connectivity index (χ3v) is 3.84. The molecule has 3 heteroatoms. The van der Waals surface area contributed by atoms with Crippen molar-refractivity contribution < 1.29 is 4.79 Å². The van der Waals surface area contributed by atoms with Gasteiger partial charge in [-0.05, 0) is 45.2 Å². The minimum absolute atomic E-state index is 0.241. The van der Waals surface area contributed by atoms with Crippen LogP contribution in [0.1, 0.15) is 65.2 Å². The molecule has 0 aromatic carbocycles. The fourth-order valence-corrected chi connectivity index (χ4v) is 2.59. The maximum Gasteiger partial charge on any atom is 0.220 e. The molecule has 2 unspecified atom stereocenters. The zero-order chi connectivity index (χ0) is 13.2. The fraction of sp³-hybridized carbons (Fsp3) is 0.933. The third kappa shape index (κ3) is 7.00. The second kappa shape index (κ2) is 9.37. The summed E-state index contributed by atoms with van der Waals surface area (Å²) in [7, 11) is 0. The molecule has 2 N–H and O–H groups in total. The molecule has 106 valence electrons. The van der Waals surface area contributed by atoms with Gasteiger partial charge in [0.15, 0.2) is 0 Å². The standard InChI is InChI=1S/C15H30N2O/c1-3-4-5-6-7-13(2)17-15(18)9-8-14-10-11-16-12-14/h13-14,16H,3-12H2,1-2H3,(H,17,18). The molecule has 3 nitrogen and oxygen atoms in total. The van der Waals surface area contributed by atoms with Gasteiger partial charge in [-0.3, -0.25) is 4.79 Å². The van der Waals surface area contributed by atoms with Gasteiger partial charge in [-0.2, -0.15) is 0 Å². The molecule has 1 heterocycles. The van der Waals surface area contributed by atoms with Gasteiger partial charge in [0, 0.05) is 12.5 Å². The molecular formula is C15H30N2O. The quantitative estimate of drug-likeness (QED) is 0.621. The molecule has 1 rings (SSSR count). The first-order valence-corrected chi connectivity index (χ1v) is 7.72. The first-order chi connectivity index (χ1) is 8.72.